The minimum absolute atomic E-state index is 0.260. The van der Waals surface area contributed by atoms with Crippen LogP contribution in [0.3, 0.4) is 0 Å². The Morgan fingerprint density at radius 2 is 2.08 bits per heavy atom. The van der Waals surface area contributed by atoms with E-state index in [1.807, 2.05) is 16.7 Å². The molecule has 1 saturated carbocycles. The number of nitrogens with zero attached hydrogens (tertiary/aromatic N) is 3. The second-order valence-electron chi connectivity index (χ2n) is 6.48. The lowest BCUT2D eigenvalue weighted by molar-refractivity contribution is 0.0697. The van der Waals surface area contributed by atoms with Gasteiger partial charge in [-0.15, -0.1) is 0 Å². The first-order valence-corrected chi connectivity index (χ1v) is 8.65. The summed E-state index contributed by atoms with van der Waals surface area (Å²) in [5.41, 5.74) is 2.57. The predicted molar refractivity (Wildman–Crippen MR) is 95.9 cm³/mol. The van der Waals surface area contributed by atoms with Crippen molar-refractivity contribution in [2.75, 3.05) is 5.32 Å². The molecule has 0 atom stereocenters. The molecule has 1 aliphatic rings. The van der Waals surface area contributed by atoms with Crippen LogP contribution in [0.5, 0.6) is 0 Å². The Balaban J connectivity index is 1.81. The van der Waals surface area contributed by atoms with Gasteiger partial charge < -0.3 is 10.4 Å². The van der Waals surface area contributed by atoms with Crippen LogP contribution in [0.1, 0.15) is 42.5 Å². The third-order valence-electron chi connectivity index (χ3n) is 4.76. The second-order valence-corrected chi connectivity index (χ2v) is 6.48. The molecule has 0 bridgehead atoms. The highest BCUT2D eigenvalue weighted by molar-refractivity contribution is 5.90. The summed E-state index contributed by atoms with van der Waals surface area (Å²) < 4.78 is 1.99. The smallest absolute Gasteiger partial charge is 0.335 e. The van der Waals surface area contributed by atoms with Crippen molar-refractivity contribution >= 4 is 17.4 Å². The Morgan fingerprint density at radius 1 is 1.24 bits per heavy atom. The fraction of sp³-hybridized carbons (Fsp3) is 0.316. The van der Waals surface area contributed by atoms with Crippen LogP contribution in [-0.2, 0) is 0 Å². The van der Waals surface area contributed by atoms with Crippen molar-refractivity contribution in [3.8, 4) is 11.3 Å². The SMILES string of the molecule is O=C(O)c1cccc(-c2nc3cnccn3c2NC2CCCCC2)c1. The summed E-state index contributed by atoms with van der Waals surface area (Å²) in [6.07, 6.45) is 11.4. The molecule has 0 spiro atoms. The number of hydrogen-bond acceptors (Lipinski definition) is 4. The molecule has 0 unspecified atom stereocenters. The van der Waals surface area contributed by atoms with Crippen LogP contribution in [0, 0.1) is 0 Å². The summed E-state index contributed by atoms with van der Waals surface area (Å²) in [4.78, 5) is 20.1. The minimum atomic E-state index is -0.936. The van der Waals surface area contributed by atoms with E-state index in [1.165, 1.54) is 19.3 Å². The van der Waals surface area contributed by atoms with Gasteiger partial charge in [0.25, 0.3) is 0 Å². The van der Waals surface area contributed by atoms with Crippen molar-refractivity contribution < 1.29 is 9.90 Å². The van der Waals surface area contributed by atoms with E-state index < -0.39 is 5.97 Å². The number of nitrogens with one attached hydrogen (secondary N) is 1. The molecule has 25 heavy (non-hydrogen) atoms. The Labute approximate surface area is 145 Å². The summed E-state index contributed by atoms with van der Waals surface area (Å²) >= 11 is 0. The lowest BCUT2D eigenvalue weighted by Crippen LogP contribution is -2.23. The monoisotopic (exact) mass is 336 g/mol. The van der Waals surface area contributed by atoms with E-state index in [0.29, 0.717) is 6.04 Å². The second kappa shape index (κ2) is 6.55. The number of carboxylic acid groups (broad SMARTS) is 1. The van der Waals surface area contributed by atoms with Gasteiger partial charge >= 0.3 is 5.97 Å². The summed E-state index contributed by atoms with van der Waals surface area (Å²) in [6.45, 7) is 0. The Hall–Kier alpha value is -2.89. The molecule has 1 aromatic carbocycles. The van der Waals surface area contributed by atoms with Gasteiger partial charge in [-0.25, -0.2) is 9.78 Å². The first kappa shape index (κ1) is 15.6. The van der Waals surface area contributed by atoms with Crippen molar-refractivity contribution in [1.82, 2.24) is 14.4 Å². The molecular weight excluding hydrogens is 316 g/mol. The maximum absolute atomic E-state index is 11.3. The van der Waals surface area contributed by atoms with Crippen LogP contribution >= 0.6 is 0 Å². The minimum Gasteiger partial charge on any atom is -0.478 e. The summed E-state index contributed by atoms with van der Waals surface area (Å²) in [6, 6.07) is 7.34. The Morgan fingerprint density at radius 3 is 2.88 bits per heavy atom. The highest BCUT2D eigenvalue weighted by atomic mass is 16.4. The largest absolute Gasteiger partial charge is 0.478 e. The van der Waals surface area contributed by atoms with E-state index in [9.17, 15) is 9.90 Å². The molecule has 1 aliphatic carbocycles. The maximum atomic E-state index is 11.3. The van der Waals surface area contributed by atoms with Gasteiger partial charge in [0.2, 0.25) is 0 Å². The Kier molecular flexibility index (Phi) is 4.09. The predicted octanol–water partition coefficient (Wildman–Crippen LogP) is 3.84. The van der Waals surface area contributed by atoms with Crippen LogP contribution in [0.25, 0.3) is 16.9 Å². The normalized spacial score (nSPS) is 15.4. The molecule has 1 fully saturated rings. The van der Waals surface area contributed by atoms with Crippen LogP contribution in [0.4, 0.5) is 5.82 Å². The highest BCUT2D eigenvalue weighted by Gasteiger charge is 2.20. The number of rotatable bonds is 4. The average molecular weight is 336 g/mol. The number of aromatic carboxylic acids is 1. The molecule has 128 valence electrons. The van der Waals surface area contributed by atoms with Crippen molar-refractivity contribution in [2.45, 2.75) is 38.1 Å². The van der Waals surface area contributed by atoms with Crippen molar-refractivity contribution in [1.29, 1.82) is 0 Å². The number of anilines is 1. The number of fused-ring (bicyclic) bond motifs is 1. The molecule has 2 N–H and O–H groups in total. The lowest BCUT2D eigenvalue weighted by Gasteiger charge is -2.24. The van der Waals surface area contributed by atoms with E-state index in [4.69, 9.17) is 4.98 Å². The number of aromatic nitrogens is 3. The van der Waals surface area contributed by atoms with Gasteiger partial charge in [-0.3, -0.25) is 9.38 Å². The number of carbonyl (C=O) groups is 1. The zero-order chi connectivity index (χ0) is 17.2. The van der Waals surface area contributed by atoms with E-state index in [0.717, 1.165) is 35.6 Å². The van der Waals surface area contributed by atoms with Gasteiger partial charge in [-0.05, 0) is 25.0 Å². The summed E-state index contributed by atoms with van der Waals surface area (Å²) in [5.74, 6) is -0.0269. The molecular formula is C19H20N4O2. The molecule has 0 amide bonds. The number of benzene rings is 1. The number of imidazole rings is 1. The van der Waals surface area contributed by atoms with Crippen LogP contribution in [0.2, 0.25) is 0 Å². The third-order valence-corrected chi connectivity index (χ3v) is 4.76. The molecule has 0 saturated heterocycles. The van der Waals surface area contributed by atoms with Crippen molar-refractivity contribution in [3.63, 3.8) is 0 Å². The van der Waals surface area contributed by atoms with Gasteiger partial charge in [0, 0.05) is 24.0 Å². The van der Waals surface area contributed by atoms with Crippen molar-refractivity contribution in [3.05, 3.63) is 48.4 Å². The van der Waals surface area contributed by atoms with Gasteiger partial charge in [0.1, 0.15) is 11.5 Å². The third kappa shape index (κ3) is 3.07. The molecule has 2 heterocycles. The highest BCUT2D eigenvalue weighted by Crippen LogP contribution is 2.31. The quantitative estimate of drug-likeness (QED) is 0.757. The maximum Gasteiger partial charge on any atom is 0.335 e. The van der Waals surface area contributed by atoms with E-state index in [2.05, 4.69) is 10.3 Å². The Bertz CT molecular complexity index is 913. The zero-order valence-corrected chi connectivity index (χ0v) is 13.9. The van der Waals surface area contributed by atoms with E-state index in [-0.39, 0.29) is 5.56 Å². The molecule has 0 aliphatic heterocycles. The van der Waals surface area contributed by atoms with Crippen LogP contribution < -0.4 is 5.32 Å². The summed E-state index contributed by atoms with van der Waals surface area (Å²) in [7, 11) is 0. The average Bonchev–Trinajstić information content (AvgIpc) is 3.01. The molecule has 3 aromatic rings. The molecule has 6 nitrogen and oxygen atoms in total. The van der Waals surface area contributed by atoms with Gasteiger partial charge in [-0.1, -0.05) is 31.4 Å². The number of hydrogen-bond donors (Lipinski definition) is 2. The summed E-state index contributed by atoms with van der Waals surface area (Å²) in [5, 5.41) is 12.9. The van der Waals surface area contributed by atoms with Crippen molar-refractivity contribution in [2.24, 2.45) is 0 Å². The van der Waals surface area contributed by atoms with Crippen LogP contribution in [-0.4, -0.2) is 31.5 Å². The van der Waals surface area contributed by atoms with Gasteiger partial charge in [0.15, 0.2) is 5.65 Å². The lowest BCUT2D eigenvalue weighted by atomic mass is 9.95. The fourth-order valence-corrected chi connectivity index (χ4v) is 3.49. The fourth-order valence-electron chi connectivity index (χ4n) is 3.49. The standard InChI is InChI=1S/C19H20N4O2/c24-19(25)14-6-4-5-13(11-14)17-18(21-15-7-2-1-3-8-15)23-10-9-20-12-16(23)22-17/h4-6,9-12,15,21H,1-3,7-8H2,(H,24,25). The first-order chi connectivity index (χ1) is 12.2. The van der Waals surface area contributed by atoms with Gasteiger partial charge in [-0.2, -0.15) is 0 Å². The van der Waals surface area contributed by atoms with Crippen LogP contribution in [0.15, 0.2) is 42.9 Å². The van der Waals surface area contributed by atoms with Gasteiger partial charge in [0.05, 0.1) is 11.8 Å². The zero-order valence-electron chi connectivity index (χ0n) is 13.9. The molecule has 2 aromatic heterocycles. The molecule has 4 rings (SSSR count). The number of carboxylic acids is 1. The van der Waals surface area contributed by atoms with E-state index >= 15 is 0 Å². The molecule has 6 heteroatoms. The topological polar surface area (TPSA) is 79.5 Å². The first-order valence-electron chi connectivity index (χ1n) is 8.65. The van der Waals surface area contributed by atoms with E-state index in [1.54, 1.807) is 30.6 Å². The molecule has 0 radical (unpaired) electrons.